The van der Waals surface area contributed by atoms with E-state index in [0.29, 0.717) is 36.1 Å². The van der Waals surface area contributed by atoms with Gasteiger partial charge in [0, 0.05) is 37.1 Å². The number of aliphatic hydroxyl groups is 1. The number of carbonyl (C=O) groups is 3. The molecule has 1 aliphatic rings. The number of nitrogens with zero attached hydrogens (tertiary/aromatic N) is 4. The smallest absolute Gasteiger partial charge is 0.328 e. The normalized spacial score (nSPS) is 13.8. The van der Waals surface area contributed by atoms with Crippen molar-refractivity contribution in [3.8, 4) is 0 Å². The first-order valence-corrected chi connectivity index (χ1v) is 13.0. The Bertz CT molecular complexity index is 1530. The minimum absolute atomic E-state index is 0.0142. The Balaban J connectivity index is 1.50. The second-order valence-corrected chi connectivity index (χ2v) is 9.82. The van der Waals surface area contributed by atoms with Crippen LogP contribution in [0, 0.1) is 6.57 Å². The summed E-state index contributed by atoms with van der Waals surface area (Å²) < 4.78 is 0. The molecule has 2 heterocycles. The minimum atomic E-state index is -1.42. The molecule has 0 fully saturated rings. The third-order valence-electron chi connectivity index (χ3n) is 6.43. The molecule has 0 spiro atoms. The Morgan fingerprint density at radius 3 is 2.80 bits per heavy atom. The average Bonchev–Trinajstić information content (AvgIpc) is 3.41. The maximum Gasteiger partial charge on any atom is 0.328 e. The second-order valence-electron chi connectivity index (χ2n) is 9.04. The fourth-order valence-electron chi connectivity index (χ4n) is 4.38. The van der Waals surface area contributed by atoms with Gasteiger partial charge in [0.25, 0.3) is 11.8 Å². The van der Waals surface area contributed by atoms with Crippen molar-refractivity contribution >= 4 is 57.7 Å². The summed E-state index contributed by atoms with van der Waals surface area (Å²) in [5.74, 6) is -2.11. The molecule has 12 nitrogen and oxygen atoms in total. The first kappa shape index (κ1) is 28.8. The molecule has 0 saturated carbocycles. The van der Waals surface area contributed by atoms with Crippen molar-refractivity contribution in [3.63, 3.8) is 0 Å². The van der Waals surface area contributed by atoms with Gasteiger partial charge < -0.3 is 20.4 Å². The summed E-state index contributed by atoms with van der Waals surface area (Å²) >= 11 is 13.1. The number of amides is 2. The topological polar surface area (TPSA) is 164 Å². The predicted octanol–water partition coefficient (Wildman–Crippen LogP) is 2.85. The van der Waals surface area contributed by atoms with E-state index in [4.69, 9.17) is 34.9 Å². The van der Waals surface area contributed by atoms with Crippen LogP contribution in [0.15, 0.2) is 35.5 Å². The first-order valence-electron chi connectivity index (χ1n) is 12.3. The van der Waals surface area contributed by atoms with E-state index in [-0.39, 0.29) is 53.5 Å². The highest BCUT2D eigenvalue weighted by Gasteiger charge is 2.29. The van der Waals surface area contributed by atoms with Crippen LogP contribution in [0.5, 0.6) is 0 Å². The van der Waals surface area contributed by atoms with Crippen molar-refractivity contribution < 1.29 is 24.6 Å². The Morgan fingerprint density at radius 2 is 2.08 bits per heavy atom. The number of carboxylic acid groups (broad SMARTS) is 1. The molecule has 0 aliphatic carbocycles. The van der Waals surface area contributed by atoms with Crippen LogP contribution in [0.1, 0.15) is 44.7 Å². The molecule has 2 aromatic carbocycles. The number of amidine groups is 1. The largest absolute Gasteiger partial charge is 0.480 e. The quantitative estimate of drug-likeness (QED) is 0.111. The second kappa shape index (κ2) is 12.8. The number of aliphatic hydroxyl groups excluding tert-OH is 1. The molecular formula is C26H25Cl2N7O5. The SMILES string of the molecule is [C-]#[N+]NC(CCCO)=NC[C@H](NC(=O)c1c(Cl)cc2c(c1Cl)CCN(C(=O)c1ccc3cn[nH]c3c1)C2)C(=O)O. The summed E-state index contributed by atoms with van der Waals surface area (Å²) in [4.78, 5) is 46.9. The molecule has 0 unspecified atom stereocenters. The van der Waals surface area contributed by atoms with Gasteiger partial charge in [0.15, 0.2) is 5.84 Å². The number of H-pyrrole nitrogens is 1. The molecule has 0 bridgehead atoms. The van der Waals surface area contributed by atoms with Crippen LogP contribution in [-0.4, -0.2) is 74.7 Å². The molecule has 1 aromatic heterocycles. The Labute approximate surface area is 238 Å². The monoisotopic (exact) mass is 585 g/mol. The number of hydrogen-bond acceptors (Lipinski definition) is 6. The van der Waals surface area contributed by atoms with E-state index < -0.39 is 17.9 Å². The third-order valence-corrected chi connectivity index (χ3v) is 7.15. The summed E-state index contributed by atoms with van der Waals surface area (Å²) in [7, 11) is 0. The fourth-order valence-corrected chi connectivity index (χ4v) is 5.15. The number of fused-ring (bicyclic) bond motifs is 2. The van der Waals surface area contributed by atoms with E-state index >= 15 is 0 Å². The van der Waals surface area contributed by atoms with Gasteiger partial charge in [0.1, 0.15) is 6.04 Å². The summed E-state index contributed by atoms with van der Waals surface area (Å²) in [6.45, 7) is 7.02. The first-order chi connectivity index (χ1) is 19.2. The lowest BCUT2D eigenvalue weighted by molar-refractivity contribution is -0.138. The van der Waals surface area contributed by atoms with Crippen molar-refractivity contribution in [1.29, 1.82) is 0 Å². The van der Waals surface area contributed by atoms with E-state index in [1.54, 1.807) is 29.3 Å². The summed E-state index contributed by atoms with van der Waals surface area (Å²) in [6, 6.07) is 5.43. The molecule has 4 rings (SSSR count). The molecule has 1 aliphatic heterocycles. The van der Waals surface area contributed by atoms with Gasteiger partial charge in [0.05, 0.1) is 33.9 Å². The van der Waals surface area contributed by atoms with Gasteiger partial charge in [-0.05, 0) is 42.2 Å². The Kier molecular flexibility index (Phi) is 9.21. The van der Waals surface area contributed by atoms with Crippen LogP contribution < -0.4 is 10.7 Å². The van der Waals surface area contributed by atoms with E-state index in [2.05, 4.69) is 30.9 Å². The molecule has 1 atom stereocenters. The molecule has 0 radical (unpaired) electrons. The Hall–Kier alpha value is -4.18. The van der Waals surface area contributed by atoms with Crippen LogP contribution in [0.3, 0.4) is 0 Å². The highest BCUT2D eigenvalue weighted by molar-refractivity contribution is 6.40. The number of nitrogens with one attached hydrogen (secondary N) is 3. The van der Waals surface area contributed by atoms with Gasteiger partial charge in [-0.15, -0.1) is 0 Å². The Morgan fingerprint density at radius 1 is 1.27 bits per heavy atom. The lowest BCUT2D eigenvalue weighted by Crippen LogP contribution is -2.43. The number of aromatic amines is 1. The van der Waals surface area contributed by atoms with Gasteiger partial charge in [-0.1, -0.05) is 34.7 Å². The van der Waals surface area contributed by atoms with Crippen LogP contribution in [0.4, 0.5) is 0 Å². The van der Waals surface area contributed by atoms with Gasteiger partial charge in [-0.2, -0.15) is 16.6 Å². The van der Waals surface area contributed by atoms with Crippen molar-refractivity contribution in [3.05, 3.63) is 74.3 Å². The van der Waals surface area contributed by atoms with Crippen LogP contribution >= 0.6 is 23.2 Å². The zero-order chi connectivity index (χ0) is 28.8. The zero-order valence-corrected chi connectivity index (χ0v) is 22.6. The lowest BCUT2D eigenvalue weighted by atomic mass is 9.96. The van der Waals surface area contributed by atoms with E-state index in [1.165, 1.54) is 0 Å². The lowest BCUT2D eigenvalue weighted by Gasteiger charge is -2.30. The predicted molar refractivity (Wildman–Crippen MR) is 148 cm³/mol. The minimum Gasteiger partial charge on any atom is -0.480 e. The van der Waals surface area contributed by atoms with Gasteiger partial charge in [-0.25, -0.2) is 4.79 Å². The summed E-state index contributed by atoms with van der Waals surface area (Å²) in [5.41, 5.74) is 4.85. The summed E-state index contributed by atoms with van der Waals surface area (Å²) in [6.07, 6.45) is 2.61. The molecule has 40 heavy (non-hydrogen) atoms. The molecule has 0 saturated heterocycles. The summed E-state index contributed by atoms with van der Waals surface area (Å²) in [5, 5.41) is 28.8. The molecular weight excluding hydrogens is 561 g/mol. The van der Waals surface area contributed by atoms with Crippen LogP contribution in [0.2, 0.25) is 10.0 Å². The third kappa shape index (κ3) is 6.34. The van der Waals surface area contributed by atoms with E-state index in [9.17, 15) is 19.5 Å². The maximum atomic E-state index is 13.2. The highest BCUT2D eigenvalue weighted by atomic mass is 35.5. The fraction of sp³-hybridized carbons (Fsp3) is 0.308. The van der Waals surface area contributed by atoms with Gasteiger partial charge in [0.2, 0.25) is 0 Å². The maximum absolute atomic E-state index is 13.2. The molecule has 3 aromatic rings. The molecule has 208 valence electrons. The van der Waals surface area contributed by atoms with Crippen molar-refractivity contribution in [2.75, 3.05) is 19.7 Å². The van der Waals surface area contributed by atoms with Gasteiger partial charge in [-0.3, -0.25) is 19.7 Å². The number of aliphatic imine (C=N–C) groups is 1. The number of carbonyl (C=O) groups excluding carboxylic acids is 2. The van der Waals surface area contributed by atoms with E-state index in [0.717, 1.165) is 10.9 Å². The van der Waals surface area contributed by atoms with E-state index in [1.807, 2.05) is 6.07 Å². The standard InChI is InChI=1S/C26H25Cl2N7O5/c1-29-34-21(3-2-8-36)30-12-20(26(39)40)32-24(37)22-18(27)9-16-13-35(7-6-17(16)23(22)28)25(38)14-4-5-15-11-31-33-19(15)10-14/h4-5,9-11,20,36H,2-3,6-8,12-13H2,(H,30,34)(H,31,33)(H,32,37)(H,39,40)/t20-/m0/s1. The van der Waals surface area contributed by atoms with Gasteiger partial charge >= 0.3 is 5.97 Å². The average molecular weight is 586 g/mol. The van der Waals surface area contributed by atoms with Crippen LogP contribution in [-0.2, 0) is 17.8 Å². The highest BCUT2D eigenvalue weighted by Crippen LogP contribution is 2.35. The van der Waals surface area contributed by atoms with Crippen molar-refractivity contribution in [1.82, 2.24) is 25.8 Å². The number of halogens is 2. The number of hydrogen-bond donors (Lipinski definition) is 5. The van der Waals surface area contributed by atoms with Crippen LogP contribution in [0.25, 0.3) is 15.9 Å². The van der Waals surface area contributed by atoms with Crippen molar-refractivity contribution in [2.45, 2.75) is 31.8 Å². The number of carboxylic acids is 1. The molecule has 2 amide bonds. The number of aromatic nitrogens is 2. The molecule has 5 N–H and O–H groups in total. The zero-order valence-electron chi connectivity index (χ0n) is 21.1. The molecule has 14 heteroatoms. The number of aliphatic carboxylic acids is 1. The number of benzene rings is 2. The number of rotatable bonds is 9. The van der Waals surface area contributed by atoms with Crippen molar-refractivity contribution in [2.24, 2.45) is 4.99 Å².